The first kappa shape index (κ1) is 31.0. The molecule has 13 nitrogen and oxygen atoms in total. The number of anilines is 4. The molecule has 1 aromatic carbocycles. The quantitative estimate of drug-likeness (QED) is 0.116. The molecular formula is C30H32N6O7. The number of methoxy groups -OCH3 is 2. The number of aromatic nitrogens is 1. The van der Waals surface area contributed by atoms with Crippen LogP contribution in [0.5, 0.6) is 0 Å². The third-order valence-corrected chi connectivity index (χ3v) is 6.79. The van der Waals surface area contributed by atoms with Crippen LogP contribution in [0, 0.1) is 28.7 Å². The van der Waals surface area contributed by atoms with Crippen molar-refractivity contribution in [2.45, 2.75) is 13.3 Å². The molecule has 0 spiro atoms. The van der Waals surface area contributed by atoms with E-state index in [1.165, 1.54) is 6.07 Å². The van der Waals surface area contributed by atoms with Crippen molar-refractivity contribution in [3.63, 3.8) is 0 Å². The van der Waals surface area contributed by atoms with Crippen molar-refractivity contribution >= 4 is 33.8 Å². The van der Waals surface area contributed by atoms with Gasteiger partial charge in [-0.1, -0.05) is 12.1 Å². The number of nitrogens with zero attached hydrogens (tertiary/aromatic N) is 2. The van der Waals surface area contributed by atoms with Gasteiger partial charge in [-0.15, -0.1) is 0 Å². The number of ether oxygens (including phenoxy) is 3. The Morgan fingerprint density at radius 1 is 0.814 bits per heavy atom. The van der Waals surface area contributed by atoms with E-state index < -0.39 is 32.2 Å². The Morgan fingerprint density at radius 2 is 1.51 bits per heavy atom. The Kier molecular flexibility index (Phi) is 10.3. The molecule has 0 saturated carbocycles. The Hall–Kier alpha value is -4.90. The molecule has 0 fully saturated rings. The summed E-state index contributed by atoms with van der Waals surface area (Å²) in [6.07, 6.45) is 0.678. The topological polar surface area (TPSA) is 181 Å². The molecule has 0 aliphatic heterocycles. The van der Waals surface area contributed by atoms with Gasteiger partial charge in [0.05, 0.1) is 46.9 Å². The molecule has 43 heavy (non-hydrogen) atoms. The maximum atomic E-state index is 13.4. The molecule has 0 radical (unpaired) electrons. The summed E-state index contributed by atoms with van der Waals surface area (Å²) in [5.41, 5.74) is 4.66. The predicted molar refractivity (Wildman–Crippen MR) is 164 cm³/mol. The minimum Gasteiger partial charge on any atom is -0.383 e. The lowest BCUT2D eigenvalue weighted by Crippen LogP contribution is -2.28. The minimum absolute atomic E-state index is 0.00347. The van der Waals surface area contributed by atoms with Crippen LogP contribution in [0.1, 0.15) is 17.5 Å². The van der Waals surface area contributed by atoms with Crippen LogP contribution >= 0.6 is 0 Å². The smallest absolute Gasteiger partial charge is 0.200 e. The second kappa shape index (κ2) is 14.3. The number of nitriles is 1. The maximum absolute atomic E-state index is 13.4. The number of hydrogen-bond acceptors (Lipinski definition) is 13. The van der Waals surface area contributed by atoms with E-state index in [2.05, 4.69) is 32.5 Å². The fourth-order valence-corrected chi connectivity index (χ4v) is 4.64. The van der Waals surface area contributed by atoms with E-state index in [0.29, 0.717) is 74.4 Å². The Labute approximate surface area is 245 Å². The van der Waals surface area contributed by atoms with Crippen molar-refractivity contribution in [2.24, 2.45) is 0 Å². The van der Waals surface area contributed by atoms with Crippen molar-refractivity contribution in [2.75, 3.05) is 75.2 Å². The first-order chi connectivity index (χ1) is 20.8. The molecule has 0 atom stereocenters. The zero-order chi connectivity index (χ0) is 30.9. The summed E-state index contributed by atoms with van der Waals surface area (Å²) in [7, 11) is 3.18. The van der Waals surface area contributed by atoms with Gasteiger partial charge in [0.25, 0.3) is 0 Å². The normalized spacial score (nSPS) is 11.0. The lowest BCUT2D eigenvalue weighted by molar-refractivity contribution is 0.0705. The van der Waals surface area contributed by atoms with Gasteiger partial charge in [0.2, 0.25) is 5.43 Å². The molecule has 0 amide bonds. The van der Waals surface area contributed by atoms with Crippen LogP contribution in [0.15, 0.2) is 49.5 Å². The van der Waals surface area contributed by atoms with Crippen molar-refractivity contribution in [1.29, 1.82) is 5.26 Å². The highest BCUT2D eigenvalue weighted by atomic mass is 16.5. The third kappa shape index (κ3) is 6.62. The molecule has 2 aliphatic carbocycles. The molecule has 0 saturated heterocycles. The number of rotatable bonds is 15. The van der Waals surface area contributed by atoms with E-state index in [9.17, 15) is 24.4 Å². The largest absolute Gasteiger partial charge is 0.383 e. The monoisotopic (exact) mass is 588 g/mol. The first-order valence-corrected chi connectivity index (χ1v) is 13.6. The molecule has 1 heterocycles. The second-order valence-electron chi connectivity index (χ2n) is 9.55. The van der Waals surface area contributed by atoms with Gasteiger partial charge < -0.3 is 24.8 Å². The third-order valence-electron chi connectivity index (χ3n) is 6.79. The molecule has 4 rings (SSSR count). The minimum atomic E-state index is -0.728. The summed E-state index contributed by atoms with van der Waals surface area (Å²) < 4.78 is 15.6. The van der Waals surface area contributed by atoms with E-state index in [0.717, 1.165) is 12.1 Å². The van der Waals surface area contributed by atoms with Gasteiger partial charge in [-0.25, -0.2) is 4.98 Å². The second-order valence-corrected chi connectivity index (χ2v) is 9.55. The number of benzene rings is 1. The SMILES string of the molecule is COCCNc1nc(NCCCOCCOC)c(C#N)c(C)c1NNc1cccc2c(=O)c3c(=O)ccc(=O)c=3c(=O)c12. The molecule has 0 bridgehead atoms. The van der Waals surface area contributed by atoms with Crippen LogP contribution in [-0.4, -0.2) is 58.7 Å². The number of fused-ring (bicyclic) bond motifs is 1. The molecule has 0 unspecified atom stereocenters. The van der Waals surface area contributed by atoms with E-state index in [4.69, 9.17) is 14.2 Å². The van der Waals surface area contributed by atoms with Crippen LogP contribution < -0.4 is 43.2 Å². The number of hydrazine groups is 1. The van der Waals surface area contributed by atoms with Gasteiger partial charge in [0.15, 0.2) is 22.1 Å². The van der Waals surface area contributed by atoms with Crippen molar-refractivity contribution < 1.29 is 14.2 Å². The lowest BCUT2D eigenvalue weighted by atomic mass is 10.0. The fourth-order valence-electron chi connectivity index (χ4n) is 4.64. The number of pyridine rings is 1. The van der Waals surface area contributed by atoms with Crippen LogP contribution in [-0.2, 0) is 14.2 Å². The van der Waals surface area contributed by atoms with Crippen LogP contribution in [0.3, 0.4) is 0 Å². The van der Waals surface area contributed by atoms with E-state index in [1.807, 2.05) is 0 Å². The van der Waals surface area contributed by atoms with E-state index >= 15 is 0 Å². The summed E-state index contributed by atoms with van der Waals surface area (Å²) in [6, 6.07) is 8.73. The van der Waals surface area contributed by atoms with Crippen LogP contribution in [0.4, 0.5) is 23.0 Å². The highest BCUT2D eigenvalue weighted by molar-refractivity contribution is 5.94. The highest BCUT2D eigenvalue weighted by Crippen LogP contribution is 2.31. The van der Waals surface area contributed by atoms with Crippen LogP contribution in [0.2, 0.25) is 0 Å². The van der Waals surface area contributed by atoms with Crippen LogP contribution in [0.25, 0.3) is 10.8 Å². The molecule has 13 heteroatoms. The molecule has 2 aromatic rings. The summed E-state index contributed by atoms with van der Waals surface area (Å²) in [6.45, 7) is 4.56. The van der Waals surface area contributed by atoms with Gasteiger partial charge in [-0.2, -0.15) is 5.26 Å². The summed E-state index contributed by atoms with van der Waals surface area (Å²) in [5, 5.41) is 15.5. The number of hydrogen-bond donors (Lipinski definition) is 4. The Morgan fingerprint density at radius 3 is 2.21 bits per heavy atom. The zero-order valence-corrected chi connectivity index (χ0v) is 24.1. The standard InChI is InChI=1S/C30H32N6O7/c1-17-19(16-31)29(32-10-5-12-43-15-14-42-3)34-30(33-11-13-41-2)26(17)36-35-20-7-4-6-18-23(20)28(40)25-22(38)9-8-21(37)24(25)27(18)39/h4,6-9,35-36H,5,10-15H2,1-3H3,(H2,32,33,34). The first-order valence-electron chi connectivity index (χ1n) is 13.6. The predicted octanol–water partition coefficient (Wildman–Crippen LogP) is 1.42. The summed E-state index contributed by atoms with van der Waals surface area (Å²) in [5.74, 6) is 0.781. The van der Waals surface area contributed by atoms with Gasteiger partial charge in [0.1, 0.15) is 17.6 Å². The summed E-state index contributed by atoms with van der Waals surface area (Å²) >= 11 is 0. The molecule has 4 N–H and O–H groups in total. The van der Waals surface area contributed by atoms with Gasteiger partial charge in [-0.05, 0) is 37.1 Å². The highest BCUT2D eigenvalue weighted by Gasteiger charge is 2.19. The maximum Gasteiger partial charge on any atom is 0.200 e. The van der Waals surface area contributed by atoms with Gasteiger partial charge >= 0.3 is 0 Å². The summed E-state index contributed by atoms with van der Waals surface area (Å²) in [4.78, 5) is 56.2. The molecule has 2 aliphatic rings. The van der Waals surface area contributed by atoms with Crippen molar-refractivity contribution in [1.82, 2.24) is 4.98 Å². The van der Waals surface area contributed by atoms with Crippen molar-refractivity contribution in [3.8, 4) is 6.07 Å². The zero-order valence-electron chi connectivity index (χ0n) is 24.1. The average Bonchev–Trinajstić information content (AvgIpc) is 3.00. The fraction of sp³-hybridized carbons (Fsp3) is 0.333. The average molecular weight is 589 g/mol. The van der Waals surface area contributed by atoms with Crippen molar-refractivity contribution in [3.05, 3.63) is 92.8 Å². The van der Waals surface area contributed by atoms with Gasteiger partial charge in [-0.3, -0.25) is 30.0 Å². The van der Waals surface area contributed by atoms with Gasteiger partial charge in [0, 0.05) is 39.3 Å². The number of nitrogens with one attached hydrogen (secondary N) is 4. The molecule has 1 aromatic heterocycles. The molecular weight excluding hydrogens is 556 g/mol. The van der Waals surface area contributed by atoms with E-state index in [1.54, 1.807) is 33.3 Å². The lowest BCUT2D eigenvalue weighted by Gasteiger charge is -2.20. The van der Waals surface area contributed by atoms with E-state index in [-0.39, 0.29) is 16.5 Å². The molecule has 224 valence electrons. The Bertz CT molecular complexity index is 1930. The Balaban J connectivity index is 1.70.